The standard InChI is InChI=1S/C57H62N2O4/c1-34-27-48(54(60)50(29-34)52-42-19-9-5-15-38(42)32-39-16-6-10-20-43(39)52)46-23-13-25-58-56(46)62-36(3)31-37(4)63-57-47(24-14-26-59-57)49-28-35(2)30-51(55(49)61)53-44-21-11-7-17-40(44)33-41-18-8-12-22-45(41)53/h13-14,23-30,32-33,36-37,60-61H,5-12,15-22,31H2,1-4H3/t36-,37?/m1/s1. The first-order valence-corrected chi connectivity index (χ1v) is 24.0. The number of hydrogen-bond acceptors (Lipinski definition) is 6. The Morgan fingerprint density at radius 1 is 0.460 bits per heavy atom. The van der Waals surface area contributed by atoms with Crippen molar-refractivity contribution in [1.82, 2.24) is 9.97 Å². The van der Waals surface area contributed by atoms with Crippen LogP contribution in [0.1, 0.15) is 127 Å². The molecule has 4 aliphatic carbocycles. The van der Waals surface area contributed by atoms with E-state index in [4.69, 9.17) is 19.4 Å². The summed E-state index contributed by atoms with van der Waals surface area (Å²) in [5, 5.41) is 24.6. The van der Waals surface area contributed by atoms with E-state index in [2.05, 4.69) is 50.2 Å². The molecule has 0 amide bonds. The van der Waals surface area contributed by atoms with Gasteiger partial charge in [-0.1, -0.05) is 12.1 Å². The van der Waals surface area contributed by atoms with Crippen molar-refractivity contribution in [3.8, 4) is 67.8 Å². The number of nitrogens with zero attached hydrogens (tertiary/aromatic N) is 2. The normalized spacial score (nSPS) is 16.6. The number of fused-ring (bicyclic) bond motifs is 4. The van der Waals surface area contributed by atoms with Crippen molar-refractivity contribution >= 4 is 0 Å². The third-order valence-corrected chi connectivity index (χ3v) is 14.4. The van der Waals surface area contributed by atoms with Gasteiger partial charge in [0.05, 0.1) is 0 Å². The van der Waals surface area contributed by atoms with Gasteiger partial charge >= 0.3 is 0 Å². The molecule has 2 atom stereocenters. The summed E-state index contributed by atoms with van der Waals surface area (Å²) in [6.45, 7) is 8.33. The van der Waals surface area contributed by atoms with Crippen molar-refractivity contribution in [3.63, 3.8) is 0 Å². The number of ether oxygens (including phenoxy) is 2. The van der Waals surface area contributed by atoms with E-state index in [1.165, 1.54) is 107 Å². The number of phenols is 2. The second kappa shape index (κ2) is 17.5. The molecule has 1 unspecified atom stereocenters. The number of hydrogen-bond donors (Lipinski definition) is 2. The quantitative estimate of drug-likeness (QED) is 0.143. The molecule has 0 saturated carbocycles. The zero-order chi connectivity index (χ0) is 43.2. The van der Waals surface area contributed by atoms with E-state index < -0.39 is 0 Å². The van der Waals surface area contributed by atoms with Crippen LogP contribution >= 0.6 is 0 Å². The molecule has 6 heteroatoms. The maximum atomic E-state index is 12.3. The van der Waals surface area contributed by atoms with Gasteiger partial charge in [-0.3, -0.25) is 0 Å². The molecule has 0 spiro atoms. The zero-order valence-corrected chi connectivity index (χ0v) is 37.7. The monoisotopic (exact) mass is 838 g/mol. The molecule has 2 N–H and O–H groups in total. The van der Waals surface area contributed by atoms with Crippen molar-refractivity contribution in [2.75, 3.05) is 0 Å². The van der Waals surface area contributed by atoms with Gasteiger partial charge in [-0.15, -0.1) is 0 Å². The van der Waals surface area contributed by atoms with Crippen molar-refractivity contribution in [2.45, 2.75) is 149 Å². The van der Waals surface area contributed by atoms with Crippen molar-refractivity contribution in [1.29, 1.82) is 0 Å². The smallest absolute Gasteiger partial charge is 0.221 e. The zero-order valence-electron chi connectivity index (χ0n) is 37.7. The molecule has 0 radical (unpaired) electrons. The Balaban J connectivity index is 0.923. The second-order valence-electron chi connectivity index (χ2n) is 19.1. The lowest BCUT2D eigenvalue weighted by Crippen LogP contribution is -2.23. The van der Waals surface area contributed by atoms with Gasteiger partial charge in [0.1, 0.15) is 23.7 Å². The molecule has 0 bridgehead atoms. The Hall–Kier alpha value is -5.62. The van der Waals surface area contributed by atoms with Gasteiger partial charge in [-0.05, 0) is 246 Å². The minimum Gasteiger partial charge on any atom is -0.507 e. The minimum atomic E-state index is -0.269. The van der Waals surface area contributed by atoms with Crippen LogP contribution in [0.25, 0.3) is 44.5 Å². The largest absolute Gasteiger partial charge is 0.507 e. The lowest BCUT2D eigenvalue weighted by atomic mass is 9.76. The number of phenolic OH excluding ortho intramolecular Hbond substituents is 2. The molecule has 0 fully saturated rings. The van der Waals surface area contributed by atoms with E-state index >= 15 is 0 Å². The number of pyridine rings is 2. The molecular formula is C57H62N2O4. The SMILES string of the molecule is Cc1cc(-c2cccnc2OC(C)C[C@@H](C)Oc2ncccc2-c2cc(C)cc(-c3c4c(cc5c3CCCC5)CCCC4)c2O)c(O)c(-c2c3c(cc4c2CCCC4)CCCC3)c1. The van der Waals surface area contributed by atoms with Gasteiger partial charge in [-0.2, -0.15) is 0 Å². The lowest BCUT2D eigenvalue weighted by molar-refractivity contribution is 0.125. The van der Waals surface area contributed by atoms with Crippen LogP contribution in [0.4, 0.5) is 0 Å². The van der Waals surface area contributed by atoms with Crippen LogP contribution in [0.5, 0.6) is 23.3 Å². The van der Waals surface area contributed by atoms with Crippen molar-refractivity contribution < 1.29 is 19.7 Å². The highest BCUT2D eigenvalue weighted by molar-refractivity contribution is 5.89. The van der Waals surface area contributed by atoms with Crippen LogP contribution < -0.4 is 9.47 Å². The van der Waals surface area contributed by atoms with Gasteiger partial charge in [-0.25, -0.2) is 9.97 Å². The molecule has 10 rings (SSSR count). The highest BCUT2D eigenvalue weighted by atomic mass is 16.5. The average Bonchev–Trinajstić information content (AvgIpc) is 3.29. The molecule has 0 saturated heterocycles. The minimum absolute atomic E-state index is 0.269. The fourth-order valence-corrected chi connectivity index (χ4v) is 11.6. The highest BCUT2D eigenvalue weighted by Crippen LogP contribution is 2.49. The molecule has 0 aliphatic heterocycles. The van der Waals surface area contributed by atoms with E-state index in [0.29, 0.717) is 29.7 Å². The Morgan fingerprint density at radius 2 is 0.794 bits per heavy atom. The van der Waals surface area contributed by atoms with Crippen LogP contribution in [-0.2, 0) is 51.4 Å². The number of aromatic nitrogens is 2. The summed E-state index contributed by atoms with van der Waals surface area (Å²) in [6.07, 6.45) is 21.9. The predicted octanol–water partition coefficient (Wildman–Crippen LogP) is 13.3. The first-order chi connectivity index (χ1) is 30.7. The topological polar surface area (TPSA) is 84.7 Å². The molecule has 6 nitrogen and oxygen atoms in total. The van der Waals surface area contributed by atoms with Crippen LogP contribution in [0.15, 0.2) is 73.1 Å². The molecule has 324 valence electrons. The first kappa shape index (κ1) is 41.4. The summed E-state index contributed by atoms with van der Waals surface area (Å²) >= 11 is 0. The Labute approximate surface area is 373 Å². The molecule has 2 aromatic heterocycles. The lowest BCUT2D eigenvalue weighted by Gasteiger charge is -2.29. The highest BCUT2D eigenvalue weighted by Gasteiger charge is 2.29. The van der Waals surface area contributed by atoms with E-state index in [-0.39, 0.29) is 12.2 Å². The molecular weight excluding hydrogens is 777 g/mol. The number of rotatable bonds is 10. The van der Waals surface area contributed by atoms with Gasteiger partial charge in [0, 0.05) is 52.2 Å². The molecule has 2 heterocycles. The van der Waals surface area contributed by atoms with Crippen molar-refractivity contribution in [3.05, 3.63) is 129 Å². The van der Waals surface area contributed by atoms with Gasteiger partial charge in [0.25, 0.3) is 0 Å². The van der Waals surface area contributed by atoms with Gasteiger partial charge in [0.15, 0.2) is 0 Å². The fraction of sp³-hybridized carbons (Fsp3) is 0.404. The van der Waals surface area contributed by atoms with Gasteiger partial charge < -0.3 is 19.7 Å². The summed E-state index contributed by atoms with van der Waals surface area (Å²) in [4.78, 5) is 9.49. The summed E-state index contributed by atoms with van der Waals surface area (Å²) < 4.78 is 13.3. The Bertz CT molecular complexity index is 2460. The average molecular weight is 839 g/mol. The number of benzene rings is 4. The Kier molecular flexibility index (Phi) is 11.5. The number of aryl methyl sites for hydroxylation is 6. The maximum absolute atomic E-state index is 12.3. The third kappa shape index (κ3) is 8.00. The van der Waals surface area contributed by atoms with Gasteiger partial charge in [0.2, 0.25) is 11.8 Å². The summed E-state index contributed by atoms with van der Waals surface area (Å²) in [6, 6.07) is 21.3. The summed E-state index contributed by atoms with van der Waals surface area (Å²) in [5.41, 5.74) is 21.3. The number of aromatic hydroxyl groups is 2. The molecule has 6 aromatic rings. The van der Waals surface area contributed by atoms with Crippen molar-refractivity contribution in [2.24, 2.45) is 0 Å². The maximum Gasteiger partial charge on any atom is 0.221 e. The van der Waals surface area contributed by atoms with Crippen LogP contribution in [0.3, 0.4) is 0 Å². The van der Waals surface area contributed by atoms with Crippen LogP contribution in [0.2, 0.25) is 0 Å². The van der Waals surface area contributed by atoms with E-state index in [0.717, 1.165) is 95.9 Å². The fourth-order valence-electron chi connectivity index (χ4n) is 11.6. The van der Waals surface area contributed by atoms with E-state index in [1.54, 1.807) is 12.4 Å². The van der Waals surface area contributed by atoms with E-state index in [9.17, 15) is 10.2 Å². The first-order valence-electron chi connectivity index (χ1n) is 24.0. The van der Waals surface area contributed by atoms with Crippen LogP contribution in [-0.4, -0.2) is 32.4 Å². The molecule has 63 heavy (non-hydrogen) atoms. The third-order valence-electron chi connectivity index (χ3n) is 14.4. The van der Waals surface area contributed by atoms with Crippen LogP contribution in [0, 0.1) is 13.8 Å². The molecule has 4 aliphatic rings. The second-order valence-corrected chi connectivity index (χ2v) is 19.1. The summed E-state index contributed by atoms with van der Waals surface area (Å²) in [5.74, 6) is 1.57. The van der Waals surface area contributed by atoms with E-state index in [1.807, 2.05) is 38.1 Å². The Morgan fingerprint density at radius 3 is 1.16 bits per heavy atom. The predicted molar refractivity (Wildman–Crippen MR) is 254 cm³/mol. The summed E-state index contributed by atoms with van der Waals surface area (Å²) in [7, 11) is 0. The molecule has 4 aromatic carbocycles.